The number of aromatic nitrogens is 1. The third-order valence-corrected chi connectivity index (χ3v) is 2.62. The highest BCUT2D eigenvalue weighted by Crippen LogP contribution is 2.06. The first-order chi connectivity index (χ1) is 9.04. The maximum atomic E-state index is 11.9. The fourth-order valence-electron chi connectivity index (χ4n) is 1.57. The molecule has 0 bridgehead atoms. The van der Waals surface area contributed by atoms with Gasteiger partial charge in [-0.3, -0.25) is 14.6 Å². The summed E-state index contributed by atoms with van der Waals surface area (Å²) in [6, 6.07) is 5.39. The molecule has 0 aliphatic rings. The molecule has 0 radical (unpaired) electrons. The molecule has 0 saturated carbocycles. The molecule has 1 aromatic rings. The summed E-state index contributed by atoms with van der Waals surface area (Å²) in [6.45, 7) is 1.90. The molecule has 0 spiro atoms. The van der Waals surface area contributed by atoms with Gasteiger partial charge >= 0.3 is 5.97 Å². The number of carboxylic acid groups (broad SMARTS) is 1. The molecule has 0 fully saturated rings. The summed E-state index contributed by atoms with van der Waals surface area (Å²) >= 11 is 0. The van der Waals surface area contributed by atoms with E-state index in [9.17, 15) is 9.59 Å². The molecule has 1 heterocycles. The lowest BCUT2D eigenvalue weighted by Crippen LogP contribution is -2.38. The second kappa shape index (κ2) is 7.48. The van der Waals surface area contributed by atoms with Crippen molar-refractivity contribution >= 4 is 11.9 Å². The van der Waals surface area contributed by atoms with Gasteiger partial charge in [0, 0.05) is 19.9 Å². The van der Waals surface area contributed by atoms with E-state index < -0.39 is 11.9 Å². The summed E-state index contributed by atoms with van der Waals surface area (Å²) in [5, 5.41) is 8.92. The van der Waals surface area contributed by atoms with Gasteiger partial charge in [0.25, 0.3) is 0 Å². The number of aliphatic carboxylic acids is 1. The first-order valence-corrected chi connectivity index (χ1v) is 5.94. The highest BCUT2D eigenvalue weighted by atomic mass is 16.5. The van der Waals surface area contributed by atoms with Crippen LogP contribution in [0.25, 0.3) is 0 Å². The van der Waals surface area contributed by atoms with Crippen molar-refractivity contribution in [3.05, 3.63) is 30.1 Å². The second-order valence-corrected chi connectivity index (χ2v) is 4.27. The molecule has 1 N–H and O–H groups in total. The molecule has 6 heteroatoms. The van der Waals surface area contributed by atoms with Crippen molar-refractivity contribution < 1.29 is 19.4 Å². The number of nitrogens with zero attached hydrogens (tertiary/aromatic N) is 2. The highest BCUT2D eigenvalue weighted by Gasteiger charge is 2.20. The van der Waals surface area contributed by atoms with E-state index in [0.717, 1.165) is 0 Å². The van der Waals surface area contributed by atoms with Gasteiger partial charge in [0.1, 0.15) is 6.61 Å². The third kappa shape index (κ3) is 5.05. The number of carbonyl (C=O) groups excluding carboxylic acids is 1. The molecule has 1 amide bonds. The molecule has 104 valence electrons. The summed E-state index contributed by atoms with van der Waals surface area (Å²) in [7, 11) is 1.43. The van der Waals surface area contributed by atoms with Crippen LogP contribution in [-0.2, 0) is 20.9 Å². The molecule has 0 aromatic carbocycles. The fraction of sp³-hybridized carbons (Fsp3) is 0.462. The van der Waals surface area contributed by atoms with E-state index in [-0.39, 0.29) is 25.6 Å². The van der Waals surface area contributed by atoms with Crippen LogP contribution in [0.1, 0.15) is 12.6 Å². The van der Waals surface area contributed by atoms with Crippen LogP contribution < -0.4 is 0 Å². The Hall–Kier alpha value is -1.95. The maximum Gasteiger partial charge on any atom is 0.308 e. The minimum Gasteiger partial charge on any atom is -0.481 e. The van der Waals surface area contributed by atoms with E-state index >= 15 is 0 Å². The Balaban J connectivity index is 2.74. The number of carboxylic acids is 1. The first kappa shape index (κ1) is 15.1. The highest BCUT2D eigenvalue weighted by molar-refractivity contribution is 5.78. The number of amides is 1. The Bertz CT molecular complexity index is 422. The van der Waals surface area contributed by atoms with Gasteiger partial charge < -0.3 is 14.7 Å². The number of ether oxygens (including phenoxy) is 1. The van der Waals surface area contributed by atoms with Crippen molar-refractivity contribution in [1.29, 1.82) is 0 Å². The van der Waals surface area contributed by atoms with Gasteiger partial charge in [-0.2, -0.15) is 0 Å². The lowest BCUT2D eigenvalue weighted by Gasteiger charge is -2.24. The average molecular weight is 266 g/mol. The topological polar surface area (TPSA) is 79.7 Å². The summed E-state index contributed by atoms with van der Waals surface area (Å²) < 4.78 is 4.81. The Morgan fingerprint density at radius 3 is 2.74 bits per heavy atom. The summed E-state index contributed by atoms with van der Waals surface area (Å²) in [5.74, 6) is -1.82. The first-order valence-electron chi connectivity index (χ1n) is 5.94. The van der Waals surface area contributed by atoms with Crippen molar-refractivity contribution in [1.82, 2.24) is 9.88 Å². The molecule has 0 aliphatic carbocycles. The molecule has 1 aromatic heterocycles. The minimum atomic E-state index is -0.934. The van der Waals surface area contributed by atoms with Gasteiger partial charge in [0.2, 0.25) is 5.91 Å². The van der Waals surface area contributed by atoms with Gasteiger partial charge in [0.05, 0.1) is 18.2 Å². The van der Waals surface area contributed by atoms with E-state index in [4.69, 9.17) is 9.84 Å². The zero-order valence-electron chi connectivity index (χ0n) is 11.1. The number of pyridine rings is 1. The molecule has 1 unspecified atom stereocenters. The smallest absolute Gasteiger partial charge is 0.308 e. The zero-order chi connectivity index (χ0) is 14.3. The molecular formula is C13H18N2O4. The standard InChI is InChI=1S/C13H18N2O4/c1-10(13(17)18)7-15(12(16)9-19-2)8-11-5-3-4-6-14-11/h3-6,10H,7-9H2,1-2H3,(H,17,18). The second-order valence-electron chi connectivity index (χ2n) is 4.27. The Morgan fingerprint density at radius 2 is 2.21 bits per heavy atom. The molecule has 1 atom stereocenters. The Kier molecular flexibility index (Phi) is 5.95. The van der Waals surface area contributed by atoms with Crippen molar-refractivity contribution in [3.8, 4) is 0 Å². The summed E-state index contributed by atoms with van der Waals surface area (Å²) in [4.78, 5) is 28.3. The van der Waals surface area contributed by atoms with Gasteiger partial charge in [-0.15, -0.1) is 0 Å². The van der Waals surface area contributed by atoms with Crippen LogP contribution in [0, 0.1) is 5.92 Å². The number of hydrogen-bond donors (Lipinski definition) is 1. The number of hydrogen-bond acceptors (Lipinski definition) is 4. The van der Waals surface area contributed by atoms with Crippen LogP contribution in [0.5, 0.6) is 0 Å². The predicted octanol–water partition coefficient (Wildman–Crippen LogP) is 0.777. The van der Waals surface area contributed by atoms with E-state index in [0.29, 0.717) is 5.69 Å². The molecule has 19 heavy (non-hydrogen) atoms. The van der Waals surface area contributed by atoms with E-state index in [1.54, 1.807) is 25.3 Å². The molecule has 0 aliphatic heterocycles. The monoisotopic (exact) mass is 266 g/mol. The predicted molar refractivity (Wildman–Crippen MR) is 68.3 cm³/mol. The van der Waals surface area contributed by atoms with Gasteiger partial charge in [-0.1, -0.05) is 13.0 Å². The van der Waals surface area contributed by atoms with Crippen LogP contribution in [0.3, 0.4) is 0 Å². The van der Waals surface area contributed by atoms with E-state index in [1.165, 1.54) is 12.0 Å². The molecule has 1 rings (SSSR count). The molecular weight excluding hydrogens is 248 g/mol. The quantitative estimate of drug-likeness (QED) is 0.788. The van der Waals surface area contributed by atoms with Gasteiger partial charge in [0.15, 0.2) is 0 Å². The Labute approximate surface area is 112 Å². The van der Waals surface area contributed by atoms with E-state index in [2.05, 4.69) is 4.98 Å². The zero-order valence-corrected chi connectivity index (χ0v) is 11.1. The van der Waals surface area contributed by atoms with Crippen LogP contribution >= 0.6 is 0 Å². The van der Waals surface area contributed by atoms with Crippen LogP contribution in [-0.4, -0.2) is 47.1 Å². The van der Waals surface area contributed by atoms with Crippen molar-refractivity contribution in [3.63, 3.8) is 0 Å². The van der Waals surface area contributed by atoms with Crippen molar-refractivity contribution in [2.75, 3.05) is 20.3 Å². The number of methoxy groups -OCH3 is 1. The summed E-state index contributed by atoms with van der Waals surface area (Å²) in [5.41, 5.74) is 0.713. The average Bonchev–Trinajstić information content (AvgIpc) is 2.39. The maximum absolute atomic E-state index is 11.9. The number of rotatable bonds is 7. The third-order valence-electron chi connectivity index (χ3n) is 2.62. The van der Waals surface area contributed by atoms with Crippen LogP contribution in [0.15, 0.2) is 24.4 Å². The van der Waals surface area contributed by atoms with E-state index in [1.807, 2.05) is 6.07 Å². The largest absolute Gasteiger partial charge is 0.481 e. The normalized spacial score (nSPS) is 11.9. The van der Waals surface area contributed by atoms with Crippen molar-refractivity contribution in [2.45, 2.75) is 13.5 Å². The molecule has 6 nitrogen and oxygen atoms in total. The lowest BCUT2D eigenvalue weighted by atomic mass is 10.1. The van der Waals surface area contributed by atoms with Gasteiger partial charge in [-0.25, -0.2) is 0 Å². The fourth-order valence-corrected chi connectivity index (χ4v) is 1.57. The number of carbonyl (C=O) groups is 2. The minimum absolute atomic E-state index is 0.0703. The van der Waals surface area contributed by atoms with Crippen LogP contribution in [0.4, 0.5) is 0 Å². The molecule has 0 saturated heterocycles. The van der Waals surface area contributed by atoms with Gasteiger partial charge in [-0.05, 0) is 12.1 Å². The SMILES string of the molecule is COCC(=O)N(Cc1ccccn1)CC(C)C(=O)O. The summed E-state index contributed by atoms with van der Waals surface area (Å²) in [6.07, 6.45) is 1.63. The van der Waals surface area contributed by atoms with Crippen LogP contribution in [0.2, 0.25) is 0 Å². The lowest BCUT2D eigenvalue weighted by molar-refractivity contribution is -0.144. The Morgan fingerprint density at radius 1 is 1.47 bits per heavy atom. The van der Waals surface area contributed by atoms with Crippen molar-refractivity contribution in [2.24, 2.45) is 5.92 Å².